The fourth-order valence-corrected chi connectivity index (χ4v) is 2.00. The normalized spacial score (nSPS) is 11.1. The molecule has 0 aliphatic heterocycles. The van der Waals surface area contributed by atoms with Crippen LogP contribution in [0.3, 0.4) is 0 Å². The Morgan fingerprint density at radius 1 is 1.29 bits per heavy atom. The summed E-state index contributed by atoms with van der Waals surface area (Å²) in [5, 5.41) is 0.524. The van der Waals surface area contributed by atoms with Crippen molar-refractivity contribution < 1.29 is 0 Å². The molecule has 0 amide bonds. The van der Waals surface area contributed by atoms with Crippen LogP contribution >= 0.6 is 23.2 Å². The minimum absolute atomic E-state index is 0.147. The molecule has 4 nitrogen and oxygen atoms in total. The molecule has 0 aromatic carbocycles. The number of nitrogens with zero attached hydrogens (tertiary/aromatic N) is 3. The first-order valence-electron chi connectivity index (χ1n) is 3.90. The van der Waals surface area contributed by atoms with Crippen molar-refractivity contribution in [2.24, 2.45) is 14.1 Å². The third kappa shape index (κ3) is 1.14. The predicted octanol–water partition coefficient (Wildman–Crippen LogP) is 1.58. The molecule has 0 saturated heterocycles. The number of fused-ring (bicyclic) bond motifs is 1. The second-order valence-electron chi connectivity index (χ2n) is 3.00. The third-order valence-corrected chi connectivity index (χ3v) is 2.63. The number of aromatic nitrogens is 3. The highest BCUT2D eigenvalue weighted by Gasteiger charge is 2.12. The topological polar surface area (TPSA) is 39.8 Å². The van der Waals surface area contributed by atoms with E-state index in [1.54, 1.807) is 20.2 Å². The van der Waals surface area contributed by atoms with E-state index in [9.17, 15) is 4.79 Å². The van der Waals surface area contributed by atoms with Crippen LogP contribution < -0.4 is 5.69 Å². The number of aryl methyl sites for hydroxylation is 2. The number of imidazole rings is 1. The summed E-state index contributed by atoms with van der Waals surface area (Å²) < 4.78 is 2.93. The smallest absolute Gasteiger partial charge is 0.295 e. The van der Waals surface area contributed by atoms with Gasteiger partial charge in [0.2, 0.25) is 0 Å². The number of hydrogen-bond donors (Lipinski definition) is 0. The van der Waals surface area contributed by atoms with Crippen LogP contribution in [-0.2, 0) is 14.1 Å². The summed E-state index contributed by atoms with van der Waals surface area (Å²) in [6, 6.07) is 1.62. The van der Waals surface area contributed by atoms with E-state index in [0.29, 0.717) is 11.0 Å². The van der Waals surface area contributed by atoms with Gasteiger partial charge in [-0.15, -0.1) is 0 Å². The molecule has 2 aromatic rings. The molecule has 0 aliphatic rings. The molecular weight excluding hydrogens is 225 g/mol. The lowest BCUT2D eigenvalue weighted by atomic mass is 10.4. The molecule has 0 radical (unpaired) electrons. The van der Waals surface area contributed by atoms with Gasteiger partial charge >= 0.3 is 5.69 Å². The molecule has 14 heavy (non-hydrogen) atoms. The molecule has 6 heteroatoms. The molecule has 0 spiro atoms. The van der Waals surface area contributed by atoms with E-state index in [0.717, 1.165) is 0 Å². The zero-order valence-corrected chi connectivity index (χ0v) is 9.10. The number of rotatable bonds is 0. The fraction of sp³-hybridized carbons (Fsp3) is 0.250. The second-order valence-corrected chi connectivity index (χ2v) is 3.75. The van der Waals surface area contributed by atoms with Crippen molar-refractivity contribution in [2.45, 2.75) is 0 Å². The standard InChI is InChI=1S/C8H7Cl2N3O/c1-12-4-3-5(9)11-7(10)6(4)13(2)8(12)14/h3H,1-2H3. The summed E-state index contributed by atoms with van der Waals surface area (Å²) in [6.45, 7) is 0. The van der Waals surface area contributed by atoms with E-state index in [1.165, 1.54) is 9.13 Å². The predicted molar refractivity (Wildman–Crippen MR) is 56.0 cm³/mol. The first-order valence-corrected chi connectivity index (χ1v) is 4.65. The molecule has 0 aliphatic carbocycles. The monoisotopic (exact) mass is 231 g/mol. The van der Waals surface area contributed by atoms with Crippen LogP contribution in [-0.4, -0.2) is 14.1 Å². The van der Waals surface area contributed by atoms with Crippen LogP contribution in [0.4, 0.5) is 0 Å². The quantitative estimate of drug-likeness (QED) is 0.647. The number of halogens is 2. The van der Waals surface area contributed by atoms with Crippen molar-refractivity contribution in [3.63, 3.8) is 0 Å². The summed E-state index contributed by atoms with van der Waals surface area (Å²) in [5.74, 6) is 0. The molecule has 0 atom stereocenters. The van der Waals surface area contributed by atoms with Crippen molar-refractivity contribution in [1.82, 2.24) is 14.1 Å². The molecule has 0 saturated carbocycles. The molecule has 0 fully saturated rings. The van der Waals surface area contributed by atoms with Crippen LogP contribution in [0, 0.1) is 0 Å². The maximum Gasteiger partial charge on any atom is 0.328 e. The average Bonchev–Trinajstić information content (AvgIpc) is 2.31. The molecule has 2 heterocycles. The van der Waals surface area contributed by atoms with E-state index < -0.39 is 0 Å². The van der Waals surface area contributed by atoms with Gasteiger partial charge in [-0.25, -0.2) is 9.78 Å². The highest BCUT2D eigenvalue weighted by Crippen LogP contribution is 2.22. The Bertz CT molecular complexity index is 570. The van der Waals surface area contributed by atoms with E-state index in [-0.39, 0.29) is 16.0 Å². The van der Waals surface area contributed by atoms with Crippen molar-refractivity contribution in [3.8, 4) is 0 Å². The zero-order valence-electron chi connectivity index (χ0n) is 7.58. The largest absolute Gasteiger partial charge is 0.328 e. The zero-order chi connectivity index (χ0) is 10.5. The molecule has 0 unspecified atom stereocenters. The molecule has 0 N–H and O–H groups in total. The molecule has 0 bridgehead atoms. The van der Waals surface area contributed by atoms with E-state index in [4.69, 9.17) is 23.2 Å². The van der Waals surface area contributed by atoms with E-state index in [1.807, 2.05) is 0 Å². The van der Waals surface area contributed by atoms with E-state index in [2.05, 4.69) is 4.98 Å². The van der Waals surface area contributed by atoms with Gasteiger partial charge in [0, 0.05) is 20.2 Å². The van der Waals surface area contributed by atoms with Gasteiger partial charge in [-0.05, 0) is 0 Å². The lowest BCUT2D eigenvalue weighted by molar-refractivity contribution is 0.795. The molecule has 2 rings (SSSR count). The maximum absolute atomic E-state index is 11.5. The molecular formula is C8H7Cl2N3O. The molecule has 74 valence electrons. The first-order chi connectivity index (χ1) is 6.52. The Kier molecular flexibility index (Phi) is 2.05. The Morgan fingerprint density at radius 3 is 2.57 bits per heavy atom. The number of pyridine rings is 1. The minimum atomic E-state index is -0.147. The Hall–Kier alpha value is -1.000. The number of hydrogen-bond acceptors (Lipinski definition) is 2. The van der Waals surface area contributed by atoms with Crippen molar-refractivity contribution in [2.75, 3.05) is 0 Å². The SMILES string of the molecule is Cn1c(=O)n(C)c2c(Cl)nc(Cl)cc21. The fourth-order valence-electron chi connectivity index (χ4n) is 1.46. The van der Waals surface area contributed by atoms with Crippen molar-refractivity contribution in [3.05, 3.63) is 26.9 Å². The van der Waals surface area contributed by atoms with Gasteiger partial charge in [0.15, 0.2) is 5.15 Å². The summed E-state index contributed by atoms with van der Waals surface area (Å²) in [4.78, 5) is 15.4. The molecule has 2 aromatic heterocycles. The summed E-state index contributed by atoms with van der Waals surface area (Å²) in [6.07, 6.45) is 0. The lowest BCUT2D eigenvalue weighted by Crippen LogP contribution is -2.19. The highest BCUT2D eigenvalue weighted by atomic mass is 35.5. The van der Waals surface area contributed by atoms with Gasteiger partial charge in [-0.3, -0.25) is 9.13 Å². The Balaban J connectivity index is 3.10. The summed E-state index contributed by atoms with van der Waals surface area (Å²) in [7, 11) is 3.31. The van der Waals surface area contributed by atoms with Crippen molar-refractivity contribution >= 4 is 34.2 Å². The van der Waals surface area contributed by atoms with Crippen LogP contribution in [0.1, 0.15) is 0 Å². The maximum atomic E-state index is 11.5. The highest BCUT2D eigenvalue weighted by molar-refractivity contribution is 6.36. The minimum Gasteiger partial charge on any atom is -0.295 e. The van der Waals surface area contributed by atoms with Gasteiger partial charge in [0.1, 0.15) is 10.7 Å². The third-order valence-electron chi connectivity index (χ3n) is 2.17. The van der Waals surface area contributed by atoms with Crippen LogP contribution in [0.15, 0.2) is 10.9 Å². The van der Waals surface area contributed by atoms with Crippen LogP contribution in [0.2, 0.25) is 10.3 Å². The van der Waals surface area contributed by atoms with Crippen molar-refractivity contribution in [1.29, 1.82) is 0 Å². The first kappa shape index (κ1) is 9.55. The van der Waals surface area contributed by atoms with Gasteiger partial charge in [0.05, 0.1) is 5.52 Å². The summed E-state index contributed by atoms with van der Waals surface area (Å²) in [5.41, 5.74) is 1.14. The van der Waals surface area contributed by atoms with Gasteiger partial charge < -0.3 is 0 Å². The average molecular weight is 232 g/mol. The second kappa shape index (κ2) is 3.00. The van der Waals surface area contributed by atoms with Gasteiger partial charge in [-0.1, -0.05) is 23.2 Å². The Labute approximate surface area is 89.7 Å². The van der Waals surface area contributed by atoms with E-state index >= 15 is 0 Å². The Morgan fingerprint density at radius 2 is 1.93 bits per heavy atom. The van der Waals surface area contributed by atoms with Gasteiger partial charge in [0.25, 0.3) is 0 Å². The van der Waals surface area contributed by atoms with Crippen LogP contribution in [0.5, 0.6) is 0 Å². The summed E-state index contributed by atoms with van der Waals surface area (Å²) >= 11 is 11.6. The van der Waals surface area contributed by atoms with Crippen LogP contribution in [0.25, 0.3) is 11.0 Å². The lowest BCUT2D eigenvalue weighted by Gasteiger charge is -1.97. The van der Waals surface area contributed by atoms with Gasteiger partial charge in [-0.2, -0.15) is 0 Å².